The van der Waals surface area contributed by atoms with E-state index in [-0.39, 0.29) is 18.2 Å². The zero-order chi connectivity index (χ0) is 19.2. The lowest BCUT2D eigenvalue weighted by Gasteiger charge is -2.18. The summed E-state index contributed by atoms with van der Waals surface area (Å²) in [5.41, 5.74) is 6.77. The Hall–Kier alpha value is -2.64. The number of carbonyl (C=O) groups excluding carboxylic acids is 2. The summed E-state index contributed by atoms with van der Waals surface area (Å²) in [6, 6.07) is 11.4. The van der Waals surface area contributed by atoms with Gasteiger partial charge in [-0.05, 0) is 29.8 Å². The molecule has 2 aromatic heterocycles. The minimum absolute atomic E-state index is 0.0141. The second-order valence-electron chi connectivity index (χ2n) is 6.17. The SMILES string of the molecule is NC(=O)Cc1csc(NC(=O)C[C@@H](Cn2cccc2)c2ccc(Cl)cc2)n1. The molecule has 27 heavy (non-hydrogen) atoms. The Bertz CT molecular complexity index is 906. The van der Waals surface area contributed by atoms with Gasteiger partial charge in [-0.2, -0.15) is 0 Å². The summed E-state index contributed by atoms with van der Waals surface area (Å²) < 4.78 is 2.04. The predicted octanol–water partition coefficient (Wildman–Crippen LogP) is 3.44. The molecule has 1 atom stereocenters. The van der Waals surface area contributed by atoms with Crippen molar-refractivity contribution in [2.45, 2.75) is 25.3 Å². The molecule has 3 N–H and O–H groups in total. The van der Waals surface area contributed by atoms with E-state index in [1.807, 2.05) is 53.4 Å². The molecule has 2 amide bonds. The van der Waals surface area contributed by atoms with Gasteiger partial charge in [0.15, 0.2) is 5.13 Å². The number of amides is 2. The second-order valence-corrected chi connectivity index (χ2v) is 7.46. The highest BCUT2D eigenvalue weighted by molar-refractivity contribution is 7.13. The monoisotopic (exact) mass is 402 g/mol. The fourth-order valence-corrected chi connectivity index (χ4v) is 3.64. The third-order valence-electron chi connectivity index (χ3n) is 4.02. The minimum atomic E-state index is -0.451. The fraction of sp³-hybridized carbons (Fsp3) is 0.211. The Labute approximate surface area is 166 Å². The Morgan fingerprint density at radius 2 is 1.93 bits per heavy atom. The zero-order valence-electron chi connectivity index (χ0n) is 14.5. The summed E-state index contributed by atoms with van der Waals surface area (Å²) in [6.07, 6.45) is 4.30. The summed E-state index contributed by atoms with van der Waals surface area (Å²) in [6.45, 7) is 0.673. The van der Waals surface area contributed by atoms with Crippen LogP contribution >= 0.6 is 22.9 Å². The number of rotatable bonds is 8. The highest BCUT2D eigenvalue weighted by atomic mass is 35.5. The van der Waals surface area contributed by atoms with Gasteiger partial charge in [0.05, 0.1) is 12.1 Å². The third kappa shape index (κ3) is 5.67. The molecule has 3 rings (SSSR count). The molecule has 0 radical (unpaired) electrons. The molecule has 0 unspecified atom stereocenters. The first-order chi connectivity index (χ1) is 13.0. The van der Waals surface area contributed by atoms with Crippen molar-refractivity contribution in [3.05, 3.63) is 70.5 Å². The largest absolute Gasteiger partial charge is 0.369 e. The first-order valence-corrected chi connectivity index (χ1v) is 9.64. The number of carbonyl (C=O) groups is 2. The van der Waals surface area contributed by atoms with Gasteiger partial charge in [-0.15, -0.1) is 11.3 Å². The van der Waals surface area contributed by atoms with Crippen LogP contribution in [0.3, 0.4) is 0 Å². The van der Waals surface area contributed by atoms with Crippen molar-refractivity contribution >= 4 is 39.9 Å². The molecule has 140 valence electrons. The Morgan fingerprint density at radius 1 is 1.22 bits per heavy atom. The molecular formula is C19H19ClN4O2S. The summed E-state index contributed by atoms with van der Waals surface area (Å²) in [5, 5.41) is 5.65. The molecule has 0 spiro atoms. The smallest absolute Gasteiger partial charge is 0.226 e. The van der Waals surface area contributed by atoms with Crippen LogP contribution in [0.15, 0.2) is 54.2 Å². The van der Waals surface area contributed by atoms with Crippen LogP contribution in [0.1, 0.15) is 23.6 Å². The predicted molar refractivity (Wildman–Crippen MR) is 107 cm³/mol. The minimum Gasteiger partial charge on any atom is -0.369 e. The molecular weight excluding hydrogens is 384 g/mol. The maximum Gasteiger partial charge on any atom is 0.226 e. The number of hydrogen-bond donors (Lipinski definition) is 2. The average Bonchev–Trinajstić information content (AvgIpc) is 3.26. The molecule has 0 bridgehead atoms. The van der Waals surface area contributed by atoms with Crippen LogP contribution in [0.2, 0.25) is 5.02 Å². The normalized spacial score (nSPS) is 11.9. The van der Waals surface area contributed by atoms with E-state index in [0.717, 1.165) is 5.56 Å². The number of nitrogens with two attached hydrogens (primary N) is 1. The van der Waals surface area contributed by atoms with Crippen molar-refractivity contribution in [1.82, 2.24) is 9.55 Å². The number of halogens is 1. The summed E-state index contributed by atoms with van der Waals surface area (Å²) >= 11 is 7.26. The van der Waals surface area contributed by atoms with E-state index in [9.17, 15) is 9.59 Å². The quantitative estimate of drug-likeness (QED) is 0.604. The van der Waals surface area contributed by atoms with Crippen molar-refractivity contribution < 1.29 is 9.59 Å². The van der Waals surface area contributed by atoms with E-state index in [1.165, 1.54) is 11.3 Å². The van der Waals surface area contributed by atoms with Gasteiger partial charge in [0, 0.05) is 41.7 Å². The number of nitrogens with one attached hydrogen (secondary N) is 1. The summed E-state index contributed by atoms with van der Waals surface area (Å²) in [7, 11) is 0. The van der Waals surface area contributed by atoms with Crippen LogP contribution in [0.25, 0.3) is 0 Å². The van der Waals surface area contributed by atoms with Gasteiger partial charge in [-0.3, -0.25) is 9.59 Å². The number of nitrogens with zero attached hydrogens (tertiary/aromatic N) is 2. The summed E-state index contributed by atoms with van der Waals surface area (Å²) in [5.74, 6) is -0.602. The van der Waals surface area contributed by atoms with Crippen LogP contribution in [-0.4, -0.2) is 21.4 Å². The fourth-order valence-electron chi connectivity index (χ4n) is 2.79. The number of primary amides is 1. The molecule has 0 aliphatic carbocycles. The van der Waals surface area contributed by atoms with Crippen molar-refractivity contribution in [2.75, 3.05) is 5.32 Å². The van der Waals surface area contributed by atoms with Crippen molar-refractivity contribution in [3.8, 4) is 0 Å². The van der Waals surface area contributed by atoms with E-state index in [1.54, 1.807) is 5.38 Å². The van der Waals surface area contributed by atoms with Crippen molar-refractivity contribution in [1.29, 1.82) is 0 Å². The number of aromatic nitrogens is 2. The lowest BCUT2D eigenvalue weighted by Crippen LogP contribution is -2.19. The molecule has 6 nitrogen and oxygen atoms in total. The molecule has 1 aromatic carbocycles. The lowest BCUT2D eigenvalue weighted by atomic mass is 9.95. The Balaban J connectivity index is 1.69. The van der Waals surface area contributed by atoms with Gasteiger partial charge in [0.1, 0.15) is 0 Å². The topological polar surface area (TPSA) is 90.0 Å². The Morgan fingerprint density at radius 3 is 2.59 bits per heavy atom. The van der Waals surface area contributed by atoms with Gasteiger partial charge in [-0.1, -0.05) is 23.7 Å². The molecule has 2 heterocycles. The van der Waals surface area contributed by atoms with Gasteiger partial charge in [0.25, 0.3) is 0 Å². The van der Waals surface area contributed by atoms with Gasteiger partial charge >= 0.3 is 0 Å². The maximum absolute atomic E-state index is 12.6. The van der Waals surface area contributed by atoms with Crippen LogP contribution in [0, 0.1) is 0 Å². The van der Waals surface area contributed by atoms with Crippen LogP contribution < -0.4 is 11.1 Å². The average molecular weight is 403 g/mol. The molecule has 3 aromatic rings. The lowest BCUT2D eigenvalue weighted by molar-refractivity contribution is -0.117. The van der Waals surface area contributed by atoms with Crippen molar-refractivity contribution in [3.63, 3.8) is 0 Å². The standard InChI is InChI=1S/C19H19ClN4O2S/c20-15-5-3-13(4-6-15)14(11-24-7-1-2-8-24)9-18(26)23-19-22-16(12-27-19)10-17(21)25/h1-8,12,14H,9-11H2,(H2,21,25)(H,22,23,26)/t14-/m0/s1. The van der Waals surface area contributed by atoms with Gasteiger partial charge < -0.3 is 15.6 Å². The van der Waals surface area contributed by atoms with Crippen LogP contribution in [0.5, 0.6) is 0 Å². The van der Waals surface area contributed by atoms with E-state index >= 15 is 0 Å². The van der Waals surface area contributed by atoms with Crippen LogP contribution in [0.4, 0.5) is 5.13 Å². The second kappa shape index (κ2) is 8.83. The van der Waals surface area contributed by atoms with Gasteiger partial charge in [0.2, 0.25) is 11.8 Å². The highest BCUT2D eigenvalue weighted by Gasteiger charge is 2.18. The first kappa shape index (κ1) is 19.1. The van der Waals surface area contributed by atoms with E-state index in [0.29, 0.717) is 28.8 Å². The summed E-state index contributed by atoms with van der Waals surface area (Å²) in [4.78, 5) is 27.7. The van der Waals surface area contributed by atoms with Crippen LogP contribution in [-0.2, 0) is 22.6 Å². The molecule has 0 fully saturated rings. The third-order valence-corrected chi connectivity index (χ3v) is 5.08. The molecule has 8 heteroatoms. The zero-order valence-corrected chi connectivity index (χ0v) is 16.0. The molecule has 0 saturated carbocycles. The van der Waals surface area contributed by atoms with Crippen molar-refractivity contribution in [2.24, 2.45) is 5.73 Å². The molecule has 0 aliphatic rings. The van der Waals surface area contributed by atoms with E-state index < -0.39 is 5.91 Å². The first-order valence-electron chi connectivity index (χ1n) is 8.38. The highest BCUT2D eigenvalue weighted by Crippen LogP contribution is 2.25. The van der Waals surface area contributed by atoms with E-state index in [4.69, 9.17) is 17.3 Å². The molecule has 0 aliphatic heterocycles. The number of hydrogen-bond acceptors (Lipinski definition) is 4. The molecule has 0 saturated heterocycles. The van der Waals surface area contributed by atoms with Gasteiger partial charge in [-0.25, -0.2) is 4.98 Å². The number of anilines is 1. The maximum atomic E-state index is 12.6. The number of benzene rings is 1. The van der Waals surface area contributed by atoms with E-state index in [2.05, 4.69) is 10.3 Å². The number of thiazole rings is 1. The Kier molecular flexibility index (Phi) is 6.26.